The van der Waals surface area contributed by atoms with E-state index in [0.29, 0.717) is 23.4 Å². The number of amides is 2. The molecule has 1 atom stereocenters. The number of alkyl halides is 3. The van der Waals surface area contributed by atoms with Crippen LogP contribution in [0.4, 0.5) is 29.3 Å². The van der Waals surface area contributed by atoms with E-state index in [0.717, 1.165) is 6.07 Å². The number of hydrogen-bond acceptors (Lipinski definition) is 4. The Labute approximate surface area is 173 Å². The van der Waals surface area contributed by atoms with E-state index >= 15 is 0 Å². The van der Waals surface area contributed by atoms with E-state index in [1.807, 2.05) is 25.9 Å². The maximum absolute atomic E-state index is 13.4. The first kappa shape index (κ1) is 21.8. The van der Waals surface area contributed by atoms with E-state index in [2.05, 4.69) is 5.32 Å². The van der Waals surface area contributed by atoms with Gasteiger partial charge in [0, 0.05) is 24.0 Å². The second-order valence-electron chi connectivity index (χ2n) is 7.22. The van der Waals surface area contributed by atoms with Gasteiger partial charge in [0.25, 0.3) is 0 Å². The summed E-state index contributed by atoms with van der Waals surface area (Å²) in [7, 11) is 4.96. The van der Waals surface area contributed by atoms with Crippen molar-refractivity contribution in [1.29, 1.82) is 0 Å². The molecule has 0 bridgehead atoms. The second kappa shape index (κ2) is 8.43. The normalized spacial score (nSPS) is 14.5. The molecule has 1 unspecified atom stereocenters. The zero-order valence-electron chi connectivity index (χ0n) is 17.2. The third kappa shape index (κ3) is 4.62. The Bertz CT molecular complexity index is 931. The molecule has 1 aliphatic rings. The molecule has 0 spiro atoms. The van der Waals surface area contributed by atoms with Crippen LogP contribution < -0.4 is 19.7 Å². The zero-order valence-corrected chi connectivity index (χ0v) is 17.2. The Kier molecular flexibility index (Phi) is 6.12. The number of carbonyl (C=O) groups excluding carboxylic acids is 1. The van der Waals surface area contributed by atoms with Crippen molar-refractivity contribution in [3.63, 3.8) is 0 Å². The summed E-state index contributed by atoms with van der Waals surface area (Å²) in [4.78, 5) is 16.0. The summed E-state index contributed by atoms with van der Waals surface area (Å²) < 4.78 is 50.8. The van der Waals surface area contributed by atoms with Crippen molar-refractivity contribution in [1.82, 2.24) is 4.90 Å². The molecule has 0 aromatic heterocycles. The quantitative estimate of drug-likeness (QED) is 0.715. The van der Waals surface area contributed by atoms with E-state index in [1.54, 1.807) is 24.3 Å². The average Bonchev–Trinajstić information content (AvgIpc) is 3.09. The Morgan fingerprint density at radius 3 is 2.60 bits per heavy atom. The van der Waals surface area contributed by atoms with Gasteiger partial charge in [0.05, 0.1) is 12.7 Å². The summed E-state index contributed by atoms with van der Waals surface area (Å²) in [6.45, 7) is 2.17. The van der Waals surface area contributed by atoms with Crippen molar-refractivity contribution in [2.75, 3.05) is 38.0 Å². The van der Waals surface area contributed by atoms with E-state index in [4.69, 9.17) is 9.47 Å². The van der Waals surface area contributed by atoms with Crippen molar-refractivity contribution in [3.05, 3.63) is 47.5 Å². The predicted octanol–water partition coefficient (Wildman–Crippen LogP) is 4.60. The topological polar surface area (TPSA) is 54.0 Å². The van der Waals surface area contributed by atoms with Gasteiger partial charge in [-0.15, -0.1) is 0 Å². The number of rotatable bonds is 5. The summed E-state index contributed by atoms with van der Waals surface area (Å²) in [6, 6.07) is 8.67. The number of fused-ring (bicyclic) bond motifs is 1. The van der Waals surface area contributed by atoms with Gasteiger partial charge < -0.3 is 14.8 Å². The Morgan fingerprint density at radius 2 is 1.97 bits per heavy atom. The maximum atomic E-state index is 13.4. The van der Waals surface area contributed by atoms with Crippen molar-refractivity contribution in [2.24, 2.45) is 0 Å². The molecular formula is C21H24F3N3O3. The molecule has 2 aromatic carbocycles. The number of methoxy groups -OCH3 is 1. The lowest BCUT2D eigenvalue weighted by Crippen LogP contribution is -2.33. The fourth-order valence-corrected chi connectivity index (χ4v) is 3.16. The molecule has 6 nitrogen and oxygen atoms in total. The van der Waals surface area contributed by atoms with Gasteiger partial charge in [0.2, 0.25) is 0 Å². The molecule has 1 N–H and O–H groups in total. The number of halogens is 3. The smallest absolute Gasteiger partial charge is 0.420 e. The van der Waals surface area contributed by atoms with E-state index in [-0.39, 0.29) is 24.2 Å². The number of ether oxygens (including phenoxy) is 2. The molecule has 3 rings (SSSR count). The van der Waals surface area contributed by atoms with Gasteiger partial charge in [-0.1, -0.05) is 6.07 Å². The fraction of sp³-hybridized carbons (Fsp3) is 0.381. The maximum Gasteiger partial charge on any atom is 0.420 e. The lowest BCUT2D eigenvalue weighted by Gasteiger charge is -2.22. The minimum Gasteiger partial charge on any atom is -0.496 e. The molecule has 30 heavy (non-hydrogen) atoms. The van der Waals surface area contributed by atoms with Crippen LogP contribution in [0.2, 0.25) is 0 Å². The highest BCUT2D eigenvalue weighted by atomic mass is 19.4. The number of benzene rings is 2. The van der Waals surface area contributed by atoms with Crippen molar-refractivity contribution in [3.8, 4) is 11.5 Å². The second-order valence-corrected chi connectivity index (χ2v) is 7.22. The van der Waals surface area contributed by atoms with E-state index in [9.17, 15) is 18.0 Å². The standard InChI is InChI=1S/C21H24F3N3O3/c1-13(26(2)3)30-16-7-5-6-15(11-16)25-20(28)27-9-8-14-10-19(29-4)17(12-18(14)27)21(22,23)24/h5-7,10-13H,8-9H2,1-4H3,(H,25,28). The van der Waals surface area contributed by atoms with Crippen LogP contribution >= 0.6 is 0 Å². The fourth-order valence-electron chi connectivity index (χ4n) is 3.16. The molecule has 0 aliphatic carbocycles. The minimum atomic E-state index is -4.58. The first-order valence-corrected chi connectivity index (χ1v) is 9.40. The molecule has 0 radical (unpaired) electrons. The van der Waals surface area contributed by atoms with Crippen LogP contribution in [0.5, 0.6) is 11.5 Å². The van der Waals surface area contributed by atoms with Crippen molar-refractivity contribution in [2.45, 2.75) is 25.7 Å². The van der Waals surface area contributed by atoms with Crippen LogP contribution in [0.1, 0.15) is 18.1 Å². The highest BCUT2D eigenvalue weighted by Gasteiger charge is 2.37. The molecular weight excluding hydrogens is 399 g/mol. The molecule has 1 heterocycles. The van der Waals surface area contributed by atoms with Gasteiger partial charge in [0.15, 0.2) is 0 Å². The highest BCUT2D eigenvalue weighted by molar-refractivity contribution is 6.03. The summed E-state index contributed by atoms with van der Waals surface area (Å²) in [5.41, 5.74) is 0.444. The molecule has 0 saturated heterocycles. The van der Waals surface area contributed by atoms with Gasteiger partial charge in [-0.25, -0.2) is 4.79 Å². The predicted molar refractivity (Wildman–Crippen MR) is 108 cm³/mol. The summed E-state index contributed by atoms with van der Waals surface area (Å²) in [6.07, 6.45) is -4.31. The molecule has 2 aromatic rings. The molecule has 0 fully saturated rings. The number of nitrogens with zero attached hydrogens (tertiary/aromatic N) is 2. The summed E-state index contributed by atoms with van der Waals surface area (Å²) >= 11 is 0. The third-order valence-electron chi connectivity index (χ3n) is 4.97. The van der Waals surface area contributed by atoms with Crippen LogP contribution in [0.25, 0.3) is 0 Å². The molecule has 162 valence electrons. The van der Waals surface area contributed by atoms with Crippen LogP contribution in [-0.4, -0.2) is 44.9 Å². The van der Waals surface area contributed by atoms with Gasteiger partial charge in [0.1, 0.15) is 17.7 Å². The van der Waals surface area contributed by atoms with Gasteiger partial charge in [-0.3, -0.25) is 9.80 Å². The van der Waals surface area contributed by atoms with Crippen LogP contribution in [0.15, 0.2) is 36.4 Å². The zero-order chi connectivity index (χ0) is 22.1. The van der Waals surface area contributed by atoms with Gasteiger partial charge in [-0.2, -0.15) is 13.2 Å². The SMILES string of the molecule is COc1cc2c(cc1C(F)(F)F)N(C(=O)Nc1cccc(OC(C)N(C)C)c1)CC2. The molecule has 1 aliphatic heterocycles. The van der Waals surface area contributed by atoms with Crippen LogP contribution in [0, 0.1) is 0 Å². The first-order chi connectivity index (χ1) is 14.1. The first-order valence-electron chi connectivity index (χ1n) is 9.40. The summed E-state index contributed by atoms with van der Waals surface area (Å²) in [5.74, 6) is 0.322. The number of carbonyl (C=O) groups is 1. The van der Waals surface area contributed by atoms with Crippen LogP contribution in [0.3, 0.4) is 0 Å². The van der Waals surface area contributed by atoms with Crippen molar-refractivity contribution >= 4 is 17.4 Å². The number of urea groups is 1. The number of hydrogen-bond donors (Lipinski definition) is 1. The monoisotopic (exact) mass is 423 g/mol. The van der Waals surface area contributed by atoms with Crippen LogP contribution in [-0.2, 0) is 12.6 Å². The Balaban J connectivity index is 1.81. The molecule has 2 amide bonds. The number of anilines is 2. The van der Waals surface area contributed by atoms with Gasteiger partial charge in [-0.05, 0) is 57.3 Å². The van der Waals surface area contributed by atoms with Gasteiger partial charge >= 0.3 is 12.2 Å². The Morgan fingerprint density at radius 1 is 1.23 bits per heavy atom. The minimum absolute atomic E-state index is 0.169. The van der Waals surface area contributed by atoms with E-state index < -0.39 is 17.8 Å². The summed E-state index contributed by atoms with van der Waals surface area (Å²) in [5, 5.41) is 2.74. The molecule has 9 heteroatoms. The average molecular weight is 423 g/mol. The third-order valence-corrected chi connectivity index (χ3v) is 4.97. The van der Waals surface area contributed by atoms with E-state index in [1.165, 1.54) is 18.1 Å². The largest absolute Gasteiger partial charge is 0.496 e. The number of nitrogens with one attached hydrogen (secondary N) is 1. The molecule has 0 saturated carbocycles. The highest BCUT2D eigenvalue weighted by Crippen LogP contribution is 2.42. The Hall–Kier alpha value is -2.94. The lowest BCUT2D eigenvalue weighted by atomic mass is 10.1. The van der Waals surface area contributed by atoms with Crippen molar-refractivity contribution < 1.29 is 27.4 Å². The lowest BCUT2D eigenvalue weighted by molar-refractivity contribution is -0.138.